The van der Waals surface area contributed by atoms with Gasteiger partial charge in [0.15, 0.2) is 0 Å². The van der Waals surface area contributed by atoms with Gasteiger partial charge in [-0.2, -0.15) is 13.2 Å². The molecule has 1 heterocycles. The van der Waals surface area contributed by atoms with E-state index in [1.54, 1.807) is 6.07 Å². The molecule has 1 atom stereocenters. The van der Waals surface area contributed by atoms with Crippen molar-refractivity contribution in [3.05, 3.63) is 34.3 Å². The Morgan fingerprint density at radius 1 is 1.31 bits per heavy atom. The highest BCUT2D eigenvalue weighted by atomic mass is 35.5. The lowest BCUT2D eigenvalue weighted by Crippen LogP contribution is -2.24. The summed E-state index contributed by atoms with van der Waals surface area (Å²) in [7, 11) is 0. The fraction of sp³-hybridized carbons (Fsp3) is 0.400. The Balaban J connectivity index is 2.35. The highest BCUT2D eigenvalue weighted by Crippen LogP contribution is 2.36. The average Bonchev–Trinajstić information content (AvgIpc) is 2.69. The molecule has 1 saturated heterocycles. The number of halogens is 4. The minimum absolute atomic E-state index is 0.0848. The molecule has 0 amide bonds. The van der Waals surface area contributed by atoms with E-state index in [-0.39, 0.29) is 11.1 Å². The van der Waals surface area contributed by atoms with Crippen LogP contribution in [0, 0.1) is 0 Å². The molecule has 2 rings (SSSR count). The second-order valence-corrected chi connectivity index (χ2v) is 4.06. The number of hydrazine groups is 1. The molecule has 1 fully saturated rings. The highest BCUT2D eigenvalue weighted by Gasteiger charge is 2.34. The predicted molar refractivity (Wildman–Crippen MR) is 55.0 cm³/mol. The predicted octanol–water partition coefficient (Wildman–Crippen LogP) is 2.90. The fourth-order valence-electron chi connectivity index (χ4n) is 1.71. The molecule has 0 radical (unpaired) electrons. The van der Waals surface area contributed by atoms with Crippen molar-refractivity contribution in [1.82, 2.24) is 10.9 Å². The zero-order valence-corrected chi connectivity index (χ0v) is 8.99. The third-order valence-corrected chi connectivity index (χ3v) is 2.86. The summed E-state index contributed by atoms with van der Waals surface area (Å²) in [5.74, 6) is 0. The lowest BCUT2D eigenvalue weighted by atomic mass is 10.0. The lowest BCUT2D eigenvalue weighted by Gasteiger charge is -2.14. The van der Waals surface area contributed by atoms with Gasteiger partial charge in [0.2, 0.25) is 0 Å². The molecule has 88 valence electrons. The Bertz CT molecular complexity index is 386. The van der Waals surface area contributed by atoms with Crippen molar-refractivity contribution in [1.29, 1.82) is 0 Å². The molecular formula is C10H10ClF3N2. The van der Waals surface area contributed by atoms with Gasteiger partial charge in [0.05, 0.1) is 10.6 Å². The number of alkyl halides is 3. The van der Waals surface area contributed by atoms with Crippen LogP contribution in [0.15, 0.2) is 18.2 Å². The molecule has 6 heteroatoms. The first kappa shape index (κ1) is 11.7. The van der Waals surface area contributed by atoms with Gasteiger partial charge in [-0.1, -0.05) is 17.7 Å². The van der Waals surface area contributed by atoms with E-state index < -0.39 is 11.7 Å². The molecular weight excluding hydrogens is 241 g/mol. The van der Waals surface area contributed by atoms with Crippen LogP contribution in [-0.2, 0) is 6.18 Å². The molecule has 0 bridgehead atoms. The number of benzene rings is 1. The summed E-state index contributed by atoms with van der Waals surface area (Å²) in [6.45, 7) is 0.745. The van der Waals surface area contributed by atoms with E-state index in [4.69, 9.17) is 11.6 Å². The monoisotopic (exact) mass is 250 g/mol. The molecule has 16 heavy (non-hydrogen) atoms. The Labute approximate surface area is 95.8 Å². The quantitative estimate of drug-likeness (QED) is 0.801. The van der Waals surface area contributed by atoms with Gasteiger partial charge in [0.1, 0.15) is 0 Å². The zero-order valence-electron chi connectivity index (χ0n) is 8.24. The minimum atomic E-state index is -4.40. The molecule has 2 nitrogen and oxygen atoms in total. The maximum absolute atomic E-state index is 12.6. The van der Waals surface area contributed by atoms with Crippen molar-refractivity contribution in [2.45, 2.75) is 18.6 Å². The van der Waals surface area contributed by atoms with Crippen LogP contribution in [0.5, 0.6) is 0 Å². The maximum Gasteiger partial charge on any atom is 0.417 e. The van der Waals surface area contributed by atoms with Gasteiger partial charge in [-0.05, 0) is 24.1 Å². The molecule has 1 aliphatic rings. The Morgan fingerprint density at radius 2 is 2.06 bits per heavy atom. The molecule has 1 aromatic carbocycles. The summed E-state index contributed by atoms with van der Waals surface area (Å²) < 4.78 is 37.8. The first-order valence-corrected chi connectivity index (χ1v) is 5.21. The van der Waals surface area contributed by atoms with E-state index in [2.05, 4.69) is 10.9 Å². The van der Waals surface area contributed by atoms with Gasteiger partial charge in [0.25, 0.3) is 0 Å². The van der Waals surface area contributed by atoms with Crippen LogP contribution in [0.2, 0.25) is 5.02 Å². The standard InChI is InChI=1S/C10H10ClF3N2/c11-8-2-1-6(9-3-4-15-16-9)5-7(8)10(12,13)14/h1-2,5,9,15-16H,3-4H2. The zero-order chi connectivity index (χ0) is 11.8. The summed E-state index contributed by atoms with van der Waals surface area (Å²) in [6.07, 6.45) is -3.64. The van der Waals surface area contributed by atoms with E-state index >= 15 is 0 Å². The fourth-order valence-corrected chi connectivity index (χ4v) is 1.94. The topological polar surface area (TPSA) is 24.1 Å². The van der Waals surface area contributed by atoms with E-state index in [1.807, 2.05) is 0 Å². The van der Waals surface area contributed by atoms with Crippen LogP contribution in [0.1, 0.15) is 23.6 Å². The van der Waals surface area contributed by atoms with Crippen LogP contribution in [0.4, 0.5) is 13.2 Å². The Kier molecular flexibility index (Phi) is 3.10. The summed E-state index contributed by atoms with van der Waals surface area (Å²) in [4.78, 5) is 0. The third kappa shape index (κ3) is 2.31. The molecule has 0 spiro atoms. The smallest absolute Gasteiger partial charge is 0.257 e. The van der Waals surface area contributed by atoms with E-state index in [0.29, 0.717) is 5.56 Å². The number of hydrogen-bond donors (Lipinski definition) is 2. The van der Waals surface area contributed by atoms with Crippen molar-refractivity contribution in [2.75, 3.05) is 6.54 Å². The van der Waals surface area contributed by atoms with Gasteiger partial charge in [-0.3, -0.25) is 10.9 Å². The van der Waals surface area contributed by atoms with Gasteiger partial charge in [-0.25, -0.2) is 0 Å². The summed E-state index contributed by atoms with van der Waals surface area (Å²) in [5.41, 5.74) is 5.61. The lowest BCUT2D eigenvalue weighted by molar-refractivity contribution is -0.137. The van der Waals surface area contributed by atoms with Crippen LogP contribution in [0.3, 0.4) is 0 Å². The SMILES string of the molecule is FC(F)(F)c1cc(C2CCNN2)ccc1Cl. The van der Waals surface area contributed by atoms with Crippen molar-refractivity contribution in [2.24, 2.45) is 0 Å². The maximum atomic E-state index is 12.6. The second-order valence-electron chi connectivity index (χ2n) is 3.65. The first-order valence-electron chi connectivity index (χ1n) is 4.83. The van der Waals surface area contributed by atoms with Crippen molar-refractivity contribution in [3.8, 4) is 0 Å². The van der Waals surface area contributed by atoms with E-state index in [0.717, 1.165) is 19.0 Å². The van der Waals surface area contributed by atoms with Gasteiger partial charge in [0, 0.05) is 12.6 Å². The molecule has 0 saturated carbocycles. The first-order chi connectivity index (χ1) is 7.48. The Hall–Kier alpha value is -0.780. The number of hydrogen-bond acceptors (Lipinski definition) is 2. The molecule has 0 aliphatic carbocycles. The van der Waals surface area contributed by atoms with Crippen molar-refractivity contribution in [3.63, 3.8) is 0 Å². The second kappa shape index (κ2) is 4.24. The van der Waals surface area contributed by atoms with Crippen LogP contribution >= 0.6 is 11.6 Å². The van der Waals surface area contributed by atoms with Gasteiger partial charge < -0.3 is 0 Å². The van der Waals surface area contributed by atoms with Crippen molar-refractivity contribution >= 4 is 11.6 Å². The van der Waals surface area contributed by atoms with E-state index in [1.165, 1.54) is 6.07 Å². The van der Waals surface area contributed by atoms with E-state index in [9.17, 15) is 13.2 Å². The highest BCUT2D eigenvalue weighted by molar-refractivity contribution is 6.31. The van der Waals surface area contributed by atoms with Crippen LogP contribution in [0.25, 0.3) is 0 Å². The summed E-state index contributed by atoms with van der Waals surface area (Å²) in [6, 6.07) is 3.92. The molecule has 2 N–H and O–H groups in total. The largest absolute Gasteiger partial charge is 0.417 e. The molecule has 1 aliphatic heterocycles. The summed E-state index contributed by atoms with van der Waals surface area (Å²) >= 11 is 5.53. The summed E-state index contributed by atoms with van der Waals surface area (Å²) in [5, 5.41) is -0.262. The van der Waals surface area contributed by atoms with Crippen LogP contribution < -0.4 is 10.9 Å². The minimum Gasteiger partial charge on any atom is -0.257 e. The molecule has 0 aromatic heterocycles. The number of rotatable bonds is 1. The number of nitrogens with one attached hydrogen (secondary N) is 2. The molecule has 1 unspecified atom stereocenters. The Morgan fingerprint density at radius 3 is 2.62 bits per heavy atom. The average molecular weight is 251 g/mol. The third-order valence-electron chi connectivity index (χ3n) is 2.53. The van der Waals surface area contributed by atoms with Crippen molar-refractivity contribution < 1.29 is 13.2 Å². The van der Waals surface area contributed by atoms with Gasteiger partial charge >= 0.3 is 6.18 Å². The van der Waals surface area contributed by atoms with Gasteiger partial charge in [-0.15, -0.1) is 0 Å². The normalized spacial score (nSPS) is 21.4. The molecule has 1 aromatic rings. The van der Waals surface area contributed by atoms with Crippen LogP contribution in [-0.4, -0.2) is 6.54 Å².